The van der Waals surface area contributed by atoms with Gasteiger partial charge in [0.1, 0.15) is 5.56 Å². The number of carbonyl (C=O) groups is 1. The highest BCUT2D eigenvalue weighted by molar-refractivity contribution is 5.99. The summed E-state index contributed by atoms with van der Waals surface area (Å²) < 4.78 is 16.7. The minimum Gasteiger partial charge on any atom is -0.477 e. The lowest BCUT2D eigenvalue weighted by molar-refractivity contribution is 0.0695. The summed E-state index contributed by atoms with van der Waals surface area (Å²) in [6.45, 7) is 2.05. The van der Waals surface area contributed by atoms with E-state index in [2.05, 4.69) is 5.32 Å². The molecule has 144 valence electrons. The van der Waals surface area contributed by atoms with Crippen LogP contribution in [0, 0.1) is 5.82 Å². The monoisotopic (exact) mass is 381 g/mol. The predicted molar refractivity (Wildman–Crippen MR) is 106 cm³/mol. The van der Waals surface area contributed by atoms with E-state index in [-0.39, 0.29) is 28.3 Å². The summed E-state index contributed by atoms with van der Waals surface area (Å²) in [7, 11) is 0. The van der Waals surface area contributed by atoms with E-state index in [1.165, 1.54) is 22.4 Å². The number of halogens is 1. The van der Waals surface area contributed by atoms with Crippen LogP contribution in [0.15, 0.2) is 47.4 Å². The van der Waals surface area contributed by atoms with Crippen LogP contribution in [-0.4, -0.2) is 21.7 Å². The second-order valence-electron chi connectivity index (χ2n) is 7.02. The number of pyridine rings is 1. The number of nitrogens with zero attached hydrogens (tertiary/aromatic N) is 1. The molecule has 3 aromatic rings. The molecule has 0 spiro atoms. The highest BCUT2D eigenvalue weighted by Gasteiger charge is 2.39. The number of aryl methyl sites for hydroxylation is 1. The minimum atomic E-state index is -1.36. The van der Waals surface area contributed by atoms with Crippen molar-refractivity contribution in [1.29, 1.82) is 0 Å². The summed E-state index contributed by atoms with van der Waals surface area (Å²) in [6.07, 6.45) is 2.04. The Morgan fingerprint density at radius 1 is 1.36 bits per heavy atom. The lowest BCUT2D eigenvalue weighted by Crippen LogP contribution is -2.21. The highest BCUT2D eigenvalue weighted by atomic mass is 19.1. The van der Waals surface area contributed by atoms with E-state index in [0.717, 1.165) is 6.42 Å². The molecule has 1 aliphatic rings. The molecule has 28 heavy (non-hydrogen) atoms. The fourth-order valence-electron chi connectivity index (χ4n) is 3.72. The van der Waals surface area contributed by atoms with Gasteiger partial charge in [0.2, 0.25) is 5.43 Å². The molecular weight excluding hydrogens is 361 g/mol. The van der Waals surface area contributed by atoms with Crippen molar-refractivity contribution in [3.8, 4) is 0 Å². The van der Waals surface area contributed by atoms with E-state index in [1.54, 1.807) is 6.92 Å². The van der Waals surface area contributed by atoms with Gasteiger partial charge < -0.3 is 20.7 Å². The Balaban J connectivity index is 1.78. The topological polar surface area (TPSA) is 97.4 Å². The summed E-state index contributed by atoms with van der Waals surface area (Å²) in [5, 5.41) is 12.4. The van der Waals surface area contributed by atoms with Crippen molar-refractivity contribution in [3.05, 3.63) is 69.8 Å². The third kappa shape index (κ3) is 2.89. The second-order valence-corrected chi connectivity index (χ2v) is 7.02. The first kappa shape index (κ1) is 18.0. The Labute approximate surface area is 160 Å². The van der Waals surface area contributed by atoms with Gasteiger partial charge in [-0.2, -0.15) is 0 Å². The molecule has 1 aliphatic carbocycles. The number of rotatable bonds is 5. The van der Waals surface area contributed by atoms with Gasteiger partial charge in [-0.15, -0.1) is 0 Å². The summed E-state index contributed by atoms with van der Waals surface area (Å²) in [4.78, 5) is 23.9. The Morgan fingerprint density at radius 3 is 2.71 bits per heavy atom. The molecule has 0 unspecified atom stereocenters. The molecule has 0 aliphatic heterocycles. The van der Waals surface area contributed by atoms with Crippen molar-refractivity contribution in [2.45, 2.75) is 31.8 Å². The van der Waals surface area contributed by atoms with Crippen LogP contribution < -0.4 is 16.5 Å². The van der Waals surface area contributed by atoms with Gasteiger partial charge in [0.05, 0.1) is 16.6 Å². The van der Waals surface area contributed by atoms with E-state index in [1.807, 2.05) is 30.3 Å². The smallest absolute Gasteiger partial charge is 0.341 e. The van der Waals surface area contributed by atoms with Crippen LogP contribution in [0.2, 0.25) is 0 Å². The molecule has 1 heterocycles. The number of anilines is 2. The zero-order valence-electron chi connectivity index (χ0n) is 15.3. The zero-order chi connectivity index (χ0) is 20.0. The predicted octanol–water partition coefficient (Wildman–Crippen LogP) is 3.41. The third-order valence-corrected chi connectivity index (χ3v) is 5.24. The fraction of sp³-hybridized carbons (Fsp3) is 0.238. The molecule has 2 atom stereocenters. The van der Waals surface area contributed by atoms with Crippen molar-refractivity contribution >= 4 is 28.2 Å². The number of fused-ring (bicyclic) bond motifs is 1. The minimum absolute atomic E-state index is 0.0249. The second kappa shape index (κ2) is 6.67. The van der Waals surface area contributed by atoms with Crippen molar-refractivity contribution in [1.82, 2.24) is 4.57 Å². The summed E-state index contributed by atoms with van der Waals surface area (Å²) in [5.74, 6) is -1.67. The van der Waals surface area contributed by atoms with Crippen LogP contribution in [0.4, 0.5) is 15.8 Å². The number of aromatic carboxylic acids is 1. The first-order valence-electron chi connectivity index (χ1n) is 9.12. The van der Waals surface area contributed by atoms with Crippen LogP contribution in [0.25, 0.3) is 10.9 Å². The lowest BCUT2D eigenvalue weighted by atomic mass is 10.1. The molecule has 1 aromatic heterocycles. The molecule has 1 saturated carbocycles. The van der Waals surface area contributed by atoms with Crippen molar-refractivity contribution in [2.24, 2.45) is 0 Å². The molecule has 0 radical (unpaired) electrons. The number of hydrogen-bond acceptors (Lipinski definition) is 4. The Hall–Kier alpha value is -3.35. The lowest BCUT2D eigenvalue weighted by Gasteiger charge is -2.16. The molecule has 0 amide bonds. The number of nitrogens with one attached hydrogen (secondary N) is 1. The Kier molecular flexibility index (Phi) is 4.30. The number of nitrogens with two attached hydrogens (primary N) is 1. The van der Waals surface area contributed by atoms with E-state index in [4.69, 9.17) is 5.73 Å². The van der Waals surface area contributed by atoms with Crippen molar-refractivity contribution in [2.75, 3.05) is 11.1 Å². The molecule has 0 bridgehead atoms. The number of carboxylic acids is 1. The van der Waals surface area contributed by atoms with E-state index >= 15 is 4.39 Å². The number of aromatic nitrogens is 1. The number of carboxylic acid groups (broad SMARTS) is 1. The average Bonchev–Trinajstić information content (AvgIpc) is 3.45. The molecular formula is C21H20FN3O3. The van der Waals surface area contributed by atoms with Gasteiger partial charge in [0, 0.05) is 30.4 Å². The molecule has 0 saturated heterocycles. The van der Waals surface area contributed by atoms with Crippen molar-refractivity contribution in [3.63, 3.8) is 0 Å². The van der Waals surface area contributed by atoms with E-state index < -0.39 is 22.8 Å². The molecule has 6 nitrogen and oxygen atoms in total. The summed E-state index contributed by atoms with van der Waals surface area (Å²) >= 11 is 0. The Morgan fingerprint density at radius 2 is 2.07 bits per heavy atom. The van der Waals surface area contributed by atoms with E-state index in [0.29, 0.717) is 12.5 Å². The van der Waals surface area contributed by atoms with Gasteiger partial charge >= 0.3 is 5.97 Å². The zero-order valence-corrected chi connectivity index (χ0v) is 15.3. The van der Waals surface area contributed by atoms with Gasteiger partial charge in [0.25, 0.3) is 0 Å². The standard InChI is InChI=1S/C21H20FN3O3/c1-2-25-10-13(21(27)28)20(26)17-14(23)9-16(18(22)19(17)25)24-15-8-12(15)11-6-4-3-5-7-11/h3-7,9-10,12,15,24H,2,8,23H2,1H3,(H,27,28)/t12-,15+/m1/s1. The van der Waals surface area contributed by atoms with Gasteiger partial charge in [-0.25, -0.2) is 9.18 Å². The number of hydrogen-bond donors (Lipinski definition) is 3. The Bertz CT molecular complexity index is 1140. The molecule has 1 fully saturated rings. The van der Waals surface area contributed by atoms with Gasteiger partial charge in [0.15, 0.2) is 5.82 Å². The summed E-state index contributed by atoms with van der Waals surface area (Å²) in [6, 6.07) is 11.4. The SMILES string of the molecule is CCn1cc(C(=O)O)c(=O)c2c(N)cc(N[C@H]3C[C@@H]3c3ccccc3)c(F)c21. The molecule has 2 aromatic carbocycles. The maximum Gasteiger partial charge on any atom is 0.341 e. The first-order chi connectivity index (χ1) is 13.4. The van der Waals surface area contributed by atoms with Gasteiger partial charge in [-0.3, -0.25) is 4.79 Å². The third-order valence-electron chi connectivity index (χ3n) is 5.24. The average molecular weight is 381 g/mol. The van der Waals surface area contributed by atoms with Gasteiger partial charge in [-0.05, 0) is 25.0 Å². The first-order valence-corrected chi connectivity index (χ1v) is 9.12. The largest absolute Gasteiger partial charge is 0.477 e. The van der Waals surface area contributed by atoms with Crippen molar-refractivity contribution < 1.29 is 14.3 Å². The van der Waals surface area contributed by atoms with Gasteiger partial charge in [-0.1, -0.05) is 30.3 Å². The molecule has 7 heteroatoms. The van der Waals surface area contributed by atoms with Crippen LogP contribution >= 0.6 is 0 Å². The maximum absolute atomic E-state index is 15.3. The fourth-order valence-corrected chi connectivity index (χ4v) is 3.72. The molecule has 4 rings (SSSR count). The van der Waals surface area contributed by atoms with Crippen LogP contribution in [0.3, 0.4) is 0 Å². The normalized spacial score (nSPS) is 18.2. The van der Waals surface area contributed by atoms with Crippen LogP contribution in [0.1, 0.15) is 35.2 Å². The summed E-state index contributed by atoms with van der Waals surface area (Å²) in [5.41, 5.74) is 6.34. The van der Waals surface area contributed by atoms with Crippen LogP contribution in [0.5, 0.6) is 0 Å². The maximum atomic E-state index is 15.3. The number of benzene rings is 2. The van der Waals surface area contributed by atoms with E-state index in [9.17, 15) is 14.7 Å². The number of nitrogen functional groups attached to an aromatic ring is 1. The van der Waals surface area contributed by atoms with Crippen LogP contribution in [-0.2, 0) is 6.54 Å². The highest BCUT2D eigenvalue weighted by Crippen LogP contribution is 2.43. The quantitative estimate of drug-likeness (QED) is 0.589. The molecule has 4 N–H and O–H groups in total.